The molecule has 0 aliphatic heterocycles. The molecule has 0 amide bonds. The number of rotatable bonds is 47. The molecule has 0 aliphatic rings. The fourth-order valence-electron chi connectivity index (χ4n) is 6.61. The molecular weight excluding hydrogens is 800 g/mol. The molecular formula is C52H93O9P. The lowest BCUT2D eigenvalue weighted by atomic mass is 10.0. The Bertz CT molecular complexity index is 1190. The maximum atomic E-state index is 12.7. The van der Waals surface area contributed by atoms with Crippen molar-refractivity contribution in [3.63, 3.8) is 0 Å². The van der Waals surface area contributed by atoms with Gasteiger partial charge in [-0.3, -0.25) is 13.8 Å². The summed E-state index contributed by atoms with van der Waals surface area (Å²) in [6.45, 7) is 3.35. The number of ether oxygens (including phenoxy) is 2. The monoisotopic (exact) mass is 893 g/mol. The summed E-state index contributed by atoms with van der Waals surface area (Å²) in [5, 5.41) is 18.4. The topological polar surface area (TPSA) is 132 Å². The molecule has 0 fully saturated rings. The first-order valence-electron chi connectivity index (χ1n) is 24.9. The Morgan fingerprint density at radius 2 is 0.919 bits per heavy atom. The third-order valence-corrected chi connectivity index (χ3v) is 11.3. The number of aliphatic hydroxyl groups is 2. The summed E-state index contributed by atoms with van der Waals surface area (Å²) in [6.07, 6.45) is 58.6. The van der Waals surface area contributed by atoms with Gasteiger partial charge in [0.1, 0.15) is 12.2 Å². The third-order valence-electron chi connectivity index (χ3n) is 10.4. The first kappa shape index (κ1) is 59.9. The predicted octanol–water partition coefficient (Wildman–Crippen LogP) is 14.5. The van der Waals surface area contributed by atoms with Gasteiger partial charge in [-0.15, -0.1) is 0 Å². The molecule has 0 saturated heterocycles. The van der Waals surface area contributed by atoms with Crippen LogP contribution in [-0.2, 0) is 27.9 Å². The number of hydrogen-bond donors (Lipinski definition) is 3. The van der Waals surface area contributed by atoms with Gasteiger partial charge >= 0.3 is 13.8 Å². The van der Waals surface area contributed by atoms with Gasteiger partial charge in [-0.25, -0.2) is 4.57 Å². The van der Waals surface area contributed by atoms with Gasteiger partial charge in [-0.1, -0.05) is 189 Å². The molecule has 3 atom stereocenters. The first-order valence-corrected chi connectivity index (χ1v) is 26.4. The van der Waals surface area contributed by atoms with E-state index >= 15 is 0 Å². The van der Waals surface area contributed by atoms with Crippen molar-refractivity contribution in [2.75, 3.05) is 33.0 Å². The summed E-state index contributed by atoms with van der Waals surface area (Å²) in [4.78, 5) is 22.7. The summed E-state index contributed by atoms with van der Waals surface area (Å²) in [6, 6.07) is 0. The van der Waals surface area contributed by atoms with E-state index in [0.717, 1.165) is 89.9 Å². The fourth-order valence-corrected chi connectivity index (χ4v) is 7.40. The van der Waals surface area contributed by atoms with Crippen molar-refractivity contribution in [2.45, 2.75) is 219 Å². The van der Waals surface area contributed by atoms with E-state index in [9.17, 15) is 19.4 Å². The molecule has 62 heavy (non-hydrogen) atoms. The Kier molecular flexibility index (Phi) is 46.7. The maximum Gasteiger partial charge on any atom is 0.472 e. The van der Waals surface area contributed by atoms with Crippen LogP contribution in [0.25, 0.3) is 0 Å². The molecule has 0 radical (unpaired) electrons. The lowest BCUT2D eigenvalue weighted by molar-refractivity contribution is -0.154. The van der Waals surface area contributed by atoms with Crippen LogP contribution in [0.5, 0.6) is 0 Å². The van der Waals surface area contributed by atoms with Gasteiger partial charge < -0.3 is 24.6 Å². The molecule has 360 valence electrons. The number of aliphatic hydroxyl groups excluding tert-OH is 2. The van der Waals surface area contributed by atoms with Crippen molar-refractivity contribution in [3.8, 4) is 0 Å². The molecule has 0 saturated carbocycles. The number of carbonyl (C=O) groups is 1. The highest BCUT2D eigenvalue weighted by Crippen LogP contribution is 2.43. The summed E-state index contributed by atoms with van der Waals surface area (Å²) >= 11 is 0. The zero-order valence-corrected chi connectivity index (χ0v) is 40.5. The van der Waals surface area contributed by atoms with Crippen LogP contribution in [-0.4, -0.2) is 66.3 Å². The molecule has 9 nitrogen and oxygen atoms in total. The van der Waals surface area contributed by atoms with E-state index in [0.29, 0.717) is 6.61 Å². The molecule has 0 aromatic carbocycles. The lowest BCUT2D eigenvalue weighted by Gasteiger charge is -2.20. The number of allylic oxidation sites excluding steroid dienone is 12. The van der Waals surface area contributed by atoms with Crippen LogP contribution >= 0.6 is 7.82 Å². The van der Waals surface area contributed by atoms with Crippen LogP contribution in [0.3, 0.4) is 0 Å². The number of unbranched alkanes of at least 4 members (excludes halogenated alkanes) is 21. The standard InChI is InChI=1S/C52H93O9P/c1-3-5-7-9-11-13-15-17-19-21-23-24-25-26-27-28-30-32-34-36-38-40-42-44-52(55)61-51(49-60-62(56,57)59-47-50(54)46-53)48-58-45-43-41-39-37-35-33-31-29-22-20-18-16-14-12-10-8-6-4-2/h6,8,12,14-15,17-18,20-21,23,29,31,50-51,53-54H,3-5,7,9-11,13,16,19,22,24-28,30,32-49H2,1-2H3,(H,56,57)/b8-6-,14-12-,17-15-,20-18-,23-21-,31-29-. The van der Waals surface area contributed by atoms with Crippen molar-refractivity contribution < 1.29 is 43.0 Å². The molecule has 10 heteroatoms. The average Bonchev–Trinajstić information content (AvgIpc) is 3.26. The Balaban J connectivity index is 4.12. The number of carbonyl (C=O) groups excluding carboxylic acids is 1. The highest BCUT2D eigenvalue weighted by molar-refractivity contribution is 7.47. The van der Waals surface area contributed by atoms with E-state index in [-0.39, 0.29) is 19.6 Å². The number of esters is 1. The van der Waals surface area contributed by atoms with Gasteiger partial charge in [0.15, 0.2) is 0 Å². The Morgan fingerprint density at radius 1 is 0.516 bits per heavy atom. The highest BCUT2D eigenvalue weighted by Gasteiger charge is 2.26. The van der Waals surface area contributed by atoms with Gasteiger partial charge in [0.2, 0.25) is 0 Å². The third kappa shape index (κ3) is 47.4. The SMILES string of the molecule is CC/C=C\C/C=C\C/C=C\C/C=C\CCCCCCCOCC(COP(=O)(O)OCC(O)CO)OC(=O)CCCCCCCCCCCCC/C=C\C/C=C\CCCCCCC. The second-order valence-electron chi connectivity index (χ2n) is 16.4. The number of phosphoric ester groups is 1. The number of hydrogen-bond acceptors (Lipinski definition) is 8. The van der Waals surface area contributed by atoms with Crippen molar-refractivity contribution in [1.82, 2.24) is 0 Å². The highest BCUT2D eigenvalue weighted by atomic mass is 31.2. The summed E-state index contributed by atoms with van der Waals surface area (Å²) < 4.78 is 33.5. The normalized spacial score (nSPS) is 14.5. The van der Waals surface area contributed by atoms with Gasteiger partial charge in [-0.2, -0.15) is 0 Å². The van der Waals surface area contributed by atoms with E-state index in [1.54, 1.807) is 0 Å². The maximum absolute atomic E-state index is 12.7. The second-order valence-corrected chi connectivity index (χ2v) is 17.9. The molecule has 0 heterocycles. The van der Waals surface area contributed by atoms with Crippen LogP contribution in [0, 0.1) is 0 Å². The Hall–Kier alpha value is -2.10. The molecule has 0 aromatic heterocycles. The molecule has 0 aromatic rings. The van der Waals surface area contributed by atoms with Crippen molar-refractivity contribution >= 4 is 13.8 Å². The van der Waals surface area contributed by atoms with Crippen LogP contribution in [0.1, 0.15) is 206 Å². The van der Waals surface area contributed by atoms with E-state index in [1.165, 1.54) is 96.3 Å². The van der Waals surface area contributed by atoms with Crippen LogP contribution in [0.15, 0.2) is 72.9 Å². The lowest BCUT2D eigenvalue weighted by Crippen LogP contribution is -2.29. The molecule has 0 bridgehead atoms. The average molecular weight is 893 g/mol. The zero-order chi connectivity index (χ0) is 45.3. The molecule has 0 rings (SSSR count). The Labute approximate surface area is 380 Å². The number of phosphoric acid groups is 1. The summed E-state index contributed by atoms with van der Waals surface area (Å²) in [5.41, 5.74) is 0. The Morgan fingerprint density at radius 3 is 1.39 bits per heavy atom. The minimum absolute atomic E-state index is 0.0328. The van der Waals surface area contributed by atoms with Crippen LogP contribution in [0.2, 0.25) is 0 Å². The van der Waals surface area contributed by atoms with Gasteiger partial charge in [0, 0.05) is 13.0 Å². The summed E-state index contributed by atoms with van der Waals surface area (Å²) in [7, 11) is -4.53. The van der Waals surface area contributed by atoms with Crippen LogP contribution in [0.4, 0.5) is 0 Å². The van der Waals surface area contributed by atoms with Crippen molar-refractivity contribution in [1.29, 1.82) is 0 Å². The van der Waals surface area contributed by atoms with E-state index in [1.807, 2.05) is 0 Å². The minimum atomic E-state index is -4.53. The smallest absolute Gasteiger partial charge is 0.457 e. The van der Waals surface area contributed by atoms with Gasteiger partial charge in [-0.05, 0) is 83.5 Å². The fraction of sp³-hybridized carbons (Fsp3) is 0.750. The minimum Gasteiger partial charge on any atom is -0.457 e. The van der Waals surface area contributed by atoms with E-state index in [2.05, 4.69) is 86.8 Å². The predicted molar refractivity (Wildman–Crippen MR) is 260 cm³/mol. The van der Waals surface area contributed by atoms with Gasteiger partial charge in [0.05, 0.1) is 26.4 Å². The molecule has 3 N–H and O–H groups in total. The summed E-state index contributed by atoms with van der Waals surface area (Å²) in [5.74, 6) is -0.393. The van der Waals surface area contributed by atoms with Crippen molar-refractivity contribution in [3.05, 3.63) is 72.9 Å². The second kappa shape index (κ2) is 48.4. The van der Waals surface area contributed by atoms with Crippen LogP contribution < -0.4 is 0 Å². The molecule has 0 aliphatic carbocycles. The van der Waals surface area contributed by atoms with E-state index in [4.69, 9.17) is 23.6 Å². The van der Waals surface area contributed by atoms with Crippen molar-refractivity contribution in [2.24, 2.45) is 0 Å². The molecule has 0 spiro atoms. The molecule has 3 unspecified atom stereocenters. The quantitative estimate of drug-likeness (QED) is 0.0236. The largest absolute Gasteiger partial charge is 0.472 e. The van der Waals surface area contributed by atoms with E-state index < -0.39 is 39.2 Å². The zero-order valence-electron chi connectivity index (χ0n) is 39.6. The first-order chi connectivity index (χ1) is 30.3. The van der Waals surface area contributed by atoms with Gasteiger partial charge in [0.25, 0.3) is 0 Å².